The van der Waals surface area contributed by atoms with Crippen LogP contribution in [0.25, 0.3) is 0 Å². The summed E-state index contributed by atoms with van der Waals surface area (Å²) in [7, 11) is 0. The lowest BCUT2D eigenvalue weighted by Gasteiger charge is -2.27. The lowest BCUT2D eigenvalue weighted by Crippen LogP contribution is -2.40. The highest BCUT2D eigenvalue weighted by molar-refractivity contribution is 7.98. The molecule has 0 unspecified atom stereocenters. The van der Waals surface area contributed by atoms with Crippen molar-refractivity contribution < 1.29 is 24.2 Å². The minimum absolute atomic E-state index is 0.119. The first-order valence-electron chi connectivity index (χ1n) is 7.94. The number of alkyl carbamates (subject to hydrolysis) is 1. The summed E-state index contributed by atoms with van der Waals surface area (Å²) in [6, 6.07) is 5.00. The van der Waals surface area contributed by atoms with Crippen molar-refractivity contribution in [3.63, 3.8) is 0 Å². The molecular formula is C18H27NO5S. The molecule has 1 amide bonds. The maximum atomic E-state index is 11.8. The van der Waals surface area contributed by atoms with Crippen LogP contribution < -0.4 is 10.1 Å². The van der Waals surface area contributed by atoms with Crippen molar-refractivity contribution in [3.8, 4) is 5.75 Å². The van der Waals surface area contributed by atoms with Gasteiger partial charge in [0.2, 0.25) is 0 Å². The third-order valence-corrected chi connectivity index (χ3v) is 3.87. The molecular weight excluding hydrogens is 342 g/mol. The first-order valence-corrected chi connectivity index (χ1v) is 9.17. The van der Waals surface area contributed by atoms with Crippen LogP contribution in [0.3, 0.4) is 0 Å². The second-order valence-electron chi connectivity index (χ2n) is 7.48. The van der Waals surface area contributed by atoms with Crippen molar-refractivity contribution >= 4 is 23.8 Å². The van der Waals surface area contributed by atoms with Crippen molar-refractivity contribution in [2.75, 3.05) is 19.4 Å². The molecule has 140 valence electrons. The van der Waals surface area contributed by atoms with Crippen LogP contribution in [0.1, 0.15) is 45.0 Å². The van der Waals surface area contributed by atoms with E-state index in [0.29, 0.717) is 12.3 Å². The summed E-state index contributed by atoms with van der Waals surface area (Å²) in [5, 5.41) is 12.0. The monoisotopic (exact) mass is 369 g/mol. The maximum absolute atomic E-state index is 11.8. The lowest BCUT2D eigenvalue weighted by molar-refractivity contribution is 0.0492. The number of carboxylic acids is 1. The Balaban J connectivity index is 2.69. The molecule has 7 heteroatoms. The van der Waals surface area contributed by atoms with Gasteiger partial charge in [-0.3, -0.25) is 0 Å². The molecule has 0 bridgehead atoms. The Kier molecular flexibility index (Phi) is 7.17. The fourth-order valence-electron chi connectivity index (χ4n) is 1.88. The predicted octanol–water partition coefficient (Wildman–Crippen LogP) is 4.04. The van der Waals surface area contributed by atoms with E-state index in [0.717, 1.165) is 4.90 Å². The van der Waals surface area contributed by atoms with E-state index in [-0.39, 0.29) is 12.2 Å². The Morgan fingerprint density at radius 3 is 2.36 bits per heavy atom. The van der Waals surface area contributed by atoms with Gasteiger partial charge in [-0.2, -0.15) is 0 Å². The van der Waals surface area contributed by atoms with Gasteiger partial charge < -0.3 is 19.9 Å². The van der Waals surface area contributed by atoms with Gasteiger partial charge in [-0.15, -0.1) is 11.8 Å². The third-order valence-electron chi connectivity index (χ3n) is 3.15. The molecule has 0 heterocycles. The molecule has 2 N–H and O–H groups in total. The molecule has 6 nitrogen and oxygen atoms in total. The molecule has 1 aromatic carbocycles. The van der Waals surface area contributed by atoms with E-state index >= 15 is 0 Å². The van der Waals surface area contributed by atoms with Crippen molar-refractivity contribution in [2.45, 2.75) is 45.1 Å². The smallest absolute Gasteiger partial charge is 0.407 e. The minimum atomic E-state index is -1.03. The molecule has 0 radical (unpaired) electrons. The van der Waals surface area contributed by atoms with E-state index in [9.17, 15) is 14.7 Å². The van der Waals surface area contributed by atoms with Gasteiger partial charge in [0, 0.05) is 16.9 Å². The molecule has 0 saturated heterocycles. The number of ether oxygens (including phenoxy) is 2. The minimum Gasteiger partial charge on any atom is -0.492 e. The Hall–Kier alpha value is -1.89. The van der Waals surface area contributed by atoms with Gasteiger partial charge in [0.15, 0.2) is 0 Å². The molecule has 0 aliphatic rings. The Morgan fingerprint density at radius 1 is 1.20 bits per heavy atom. The summed E-state index contributed by atoms with van der Waals surface area (Å²) in [6.07, 6.45) is 1.42. The number of nitrogens with one attached hydrogen (secondary N) is 1. The Morgan fingerprint density at radius 2 is 1.84 bits per heavy atom. The molecule has 1 aromatic rings. The van der Waals surface area contributed by atoms with E-state index in [2.05, 4.69) is 5.32 Å². The first kappa shape index (κ1) is 21.2. The highest BCUT2D eigenvalue weighted by Crippen LogP contribution is 2.27. The van der Waals surface area contributed by atoms with Gasteiger partial charge in [0.25, 0.3) is 0 Å². The Bertz CT molecular complexity index is 622. The number of amides is 1. The molecule has 0 aliphatic heterocycles. The Labute approximate surface area is 153 Å². The molecule has 0 atom stereocenters. The zero-order chi connectivity index (χ0) is 19.3. The zero-order valence-electron chi connectivity index (χ0n) is 15.6. The maximum Gasteiger partial charge on any atom is 0.407 e. The summed E-state index contributed by atoms with van der Waals surface area (Å²) in [6.45, 7) is 9.83. The molecule has 0 aliphatic carbocycles. The van der Waals surface area contributed by atoms with Gasteiger partial charge in [0.05, 0.1) is 6.61 Å². The SMILES string of the molecule is CSc1ccc(C(=O)O)c(OCC(C)(C)CNC(=O)OC(C)(C)C)c1. The van der Waals surface area contributed by atoms with E-state index in [1.807, 2.05) is 20.1 Å². The number of thioether (sulfide) groups is 1. The summed E-state index contributed by atoms with van der Waals surface area (Å²) in [5.74, 6) is -0.711. The van der Waals surface area contributed by atoms with Crippen molar-refractivity contribution in [2.24, 2.45) is 5.41 Å². The third kappa shape index (κ3) is 7.69. The van der Waals surface area contributed by atoms with E-state index in [1.165, 1.54) is 17.8 Å². The molecule has 1 rings (SSSR count). The van der Waals surface area contributed by atoms with Crippen LogP contribution in [0.2, 0.25) is 0 Å². The molecule has 0 saturated carbocycles. The van der Waals surface area contributed by atoms with Crippen LogP contribution >= 0.6 is 11.8 Å². The first-order chi connectivity index (χ1) is 11.4. The van der Waals surface area contributed by atoms with Crippen LogP contribution in [-0.2, 0) is 4.74 Å². The molecule has 0 aromatic heterocycles. The number of carbonyl (C=O) groups is 2. The molecule has 0 spiro atoms. The van der Waals surface area contributed by atoms with Crippen LogP contribution in [0, 0.1) is 5.41 Å². The topological polar surface area (TPSA) is 84.9 Å². The number of carbonyl (C=O) groups excluding carboxylic acids is 1. The van der Waals surface area contributed by atoms with E-state index in [1.54, 1.807) is 32.9 Å². The number of aromatic carboxylic acids is 1. The van der Waals surface area contributed by atoms with Gasteiger partial charge >= 0.3 is 12.1 Å². The largest absolute Gasteiger partial charge is 0.492 e. The van der Waals surface area contributed by atoms with Crippen LogP contribution in [0.5, 0.6) is 5.75 Å². The highest BCUT2D eigenvalue weighted by atomic mass is 32.2. The van der Waals surface area contributed by atoms with Gasteiger partial charge in [-0.1, -0.05) is 13.8 Å². The van der Waals surface area contributed by atoms with E-state index in [4.69, 9.17) is 9.47 Å². The van der Waals surface area contributed by atoms with E-state index < -0.39 is 23.1 Å². The summed E-state index contributed by atoms with van der Waals surface area (Å²) in [4.78, 5) is 24.0. The fourth-order valence-corrected chi connectivity index (χ4v) is 2.30. The van der Waals surface area contributed by atoms with Crippen molar-refractivity contribution in [1.82, 2.24) is 5.32 Å². The zero-order valence-corrected chi connectivity index (χ0v) is 16.5. The quantitative estimate of drug-likeness (QED) is 0.706. The summed E-state index contributed by atoms with van der Waals surface area (Å²) < 4.78 is 11.0. The van der Waals surface area contributed by atoms with Crippen LogP contribution in [0.15, 0.2) is 23.1 Å². The summed E-state index contributed by atoms with van der Waals surface area (Å²) >= 11 is 1.51. The molecule has 25 heavy (non-hydrogen) atoms. The number of hydrogen-bond donors (Lipinski definition) is 2. The average molecular weight is 369 g/mol. The standard InChI is InChI=1S/C18H27NO5S/c1-17(2,3)24-16(22)19-10-18(4,5)11-23-14-9-12(25-6)7-8-13(14)15(20)21/h7-9H,10-11H2,1-6H3,(H,19,22)(H,20,21). The number of benzene rings is 1. The fraction of sp³-hybridized carbons (Fsp3) is 0.556. The predicted molar refractivity (Wildman–Crippen MR) is 98.7 cm³/mol. The number of rotatable bonds is 7. The normalized spacial score (nSPS) is 11.8. The number of carboxylic acid groups (broad SMARTS) is 1. The van der Waals surface area contributed by atoms with Crippen LogP contribution in [0.4, 0.5) is 4.79 Å². The van der Waals surface area contributed by atoms with Crippen molar-refractivity contribution in [1.29, 1.82) is 0 Å². The van der Waals surface area contributed by atoms with Crippen LogP contribution in [-0.4, -0.2) is 42.2 Å². The second-order valence-corrected chi connectivity index (χ2v) is 8.36. The average Bonchev–Trinajstić information content (AvgIpc) is 2.49. The highest BCUT2D eigenvalue weighted by Gasteiger charge is 2.23. The van der Waals surface area contributed by atoms with Gasteiger partial charge in [-0.25, -0.2) is 9.59 Å². The van der Waals surface area contributed by atoms with Gasteiger partial charge in [0.1, 0.15) is 16.9 Å². The van der Waals surface area contributed by atoms with Crippen molar-refractivity contribution in [3.05, 3.63) is 23.8 Å². The summed E-state index contributed by atoms with van der Waals surface area (Å²) in [5.41, 5.74) is -0.838. The lowest BCUT2D eigenvalue weighted by atomic mass is 9.95. The second kappa shape index (κ2) is 8.47. The number of hydrogen-bond acceptors (Lipinski definition) is 5. The van der Waals surface area contributed by atoms with Gasteiger partial charge in [-0.05, 0) is 45.2 Å². The molecule has 0 fully saturated rings.